The molecule has 0 bridgehead atoms. The van der Waals surface area contributed by atoms with Crippen LogP contribution in [-0.4, -0.2) is 34.0 Å². The van der Waals surface area contributed by atoms with E-state index in [1.165, 1.54) is 6.07 Å². The molecule has 0 fully saturated rings. The Morgan fingerprint density at radius 1 is 1.09 bits per heavy atom. The number of ether oxygens (including phenoxy) is 2. The summed E-state index contributed by atoms with van der Waals surface area (Å²) in [5.41, 5.74) is 4.17. The summed E-state index contributed by atoms with van der Waals surface area (Å²) in [6.45, 7) is 7.85. The molecule has 0 aliphatic rings. The molecule has 6 heteroatoms. The highest BCUT2D eigenvalue weighted by atomic mass is 19.1. The first kappa shape index (κ1) is 22.6. The number of hydrogen-bond acceptors (Lipinski definition) is 4. The number of rotatable bonds is 10. The number of halogens is 1. The quantitative estimate of drug-likeness (QED) is 0.320. The second-order valence-electron chi connectivity index (χ2n) is 8.00. The van der Waals surface area contributed by atoms with Gasteiger partial charge in [-0.2, -0.15) is 0 Å². The summed E-state index contributed by atoms with van der Waals surface area (Å²) in [6.07, 6.45) is 3.96. The van der Waals surface area contributed by atoms with Gasteiger partial charge >= 0.3 is 0 Å². The number of imidazole rings is 1. The normalized spacial score (nSPS) is 12.0. The molecule has 0 radical (unpaired) electrons. The maximum absolute atomic E-state index is 13.8. The lowest BCUT2D eigenvalue weighted by Gasteiger charge is -2.32. The van der Waals surface area contributed by atoms with Gasteiger partial charge in [-0.15, -0.1) is 0 Å². The van der Waals surface area contributed by atoms with Crippen molar-refractivity contribution in [2.24, 2.45) is 0 Å². The molecule has 0 saturated carbocycles. The Kier molecular flexibility index (Phi) is 7.05. The fourth-order valence-corrected chi connectivity index (χ4v) is 3.73. The van der Waals surface area contributed by atoms with Crippen molar-refractivity contribution in [2.75, 3.05) is 13.7 Å². The van der Waals surface area contributed by atoms with Gasteiger partial charge in [0.1, 0.15) is 29.5 Å². The lowest BCUT2D eigenvalue weighted by molar-refractivity contribution is 0.128. The van der Waals surface area contributed by atoms with E-state index in [1.807, 2.05) is 59.3 Å². The molecule has 2 aromatic heterocycles. The summed E-state index contributed by atoms with van der Waals surface area (Å²) < 4.78 is 27.0. The van der Waals surface area contributed by atoms with Crippen LogP contribution >= 0.6 is 0 Å². The van der Waals surface area contributed by atoms with Gasteiger partial charge in [0.25, 0.3) is 0 Å². The Morgan fingerprint density at radius 3 is 2.58 bits per heavy atom. The molecule has 0 saturated heterocycles. The Morgan fingerprint density at radius 2 is 1.85 bits per heavy atom. The SMILES string of the molecule is C=C(c1cn2ccccc2n1)N(Cc1ccc(OCc2ccccc2F)cc1)[C@H](C)COC. The number of methoxy groups -OCH3 is 1. The topological polar surface area (TPSA) is 39.0 Å². The third kappa shape index (κ3) is 5.41. The number of pyridine rings is 1. The fourth-order valence-electron chi connectivity index (χ4n) is 3.73. The van der Waals surface area contributed by atoms with Gasteiger partial charge in [-0.05, 0) is 42.8 Å². The minimum Gasteiger partial charge on any atom is -0.489 e. The van der Waals surface area contributed by atoms with E-state index in [0.29, 0.717) is 24.5 Å². The van der Waals surface area contributed by atoms with Gasteiger partial charge in [-0.3, -0.25) is 0 Å². The first-order valence-electron chi connectivity index (χ1n) is 10.9. The monoisotopic (exact) mass is 445 g/mol. The van der Waals surface area contributed by atoms with Crippen molar-refractivity contribution in [3.05, 3.63) is 108 Å². The van der Waals surface area contributed by atoms with E-state index in [-0.39, 0.29) is 18.5 Å². The zero-order valence-electron chi connectivity index (χ0n) is 18.9. The Bertz CT molecular complexity index is 1190. The van der Waals surface area contributed by atoms with Gasteiger partial charge in [0.05, 0.1) is 12.3 Å². The van der Waals surface area contributed by atoms with Crippen LogP contribution in [0.4, 0.5) is 4.39 Å². The third-order valence-electron chi connectivity index (χ3n) is 5.57. The van der Waals surface area contributed by atoms with E-state index in [2.05, 4.69) is 18.4 Å². The van der Waals surface area contributed by atoms with Crippen LogP contribution in [0.5, 0.6) is 5.75 Å². The predicted octanol–water partition coefficient (Wildman–Crippen LogP) is 5.56. The highest BCUT2D eigenvalue weighted by Crippen LogP contribution is 2.24. The maximum Gasteiger partial charge on any atom is 0.137 e. The molecule has 2 heterocycles. The first-order chi connectivity index (χ1) is 16.0. The fraction of sp³-hybridized carbons (Fsp3) is 0.222. The van der Waals surface area contributed by atoms with E-state index in [4.69, 9.17) is 14.5 Å². The third-order valence-corrected chi connectivity index (χ3v) is 5.57. The number of nitrogens with zero attached hydrogens (tertiary/aromatic N) is 3. The van der Waals surface area contributed by atoms with Crippen LogP contribution in [0.25, 0.3) is 11.3 Å². The van der Waals surface area contributed by atoms with Crippen molar-refractivity contribution in [3.8, 4) is 5.75 Å². The zero-order valence-corrected chi connectivity index (χ0v) is 18.9. The van der Waals surface area contributed by atoms with Gasteiger partial charge in [-0.1, -0.05) is 43.0 Å². The minimum atomic E-state index is -0.262. The number of hydrogen-bond donors (Lipinski definition) is 0. The van der Waals surface area contributed by atoms with Crippen molar-refractivity contribution in [1.29, 1.82) is 0 Å². The van der Waals surface area contributed by atoms with Crippen LogP contribution in [0.1, 0.15) is 23.7 Å². The van der Waals surface area contributed by atoms with Gasteiger partial charge in [0.15, 0.2) is 0 Å². The smallest absolute Gasteiger partial charge is 0.137 e. The molecule has 4 rings (SSSR count). The van der Waals surface area contributed by atoms with Gasteiger partial charge in [-0.25, -0.2) is 9.37 Å². The zero-order chi connectivity index (χ0) is 23.2. The highest BCUT2D eigenvalue weighted by molar-refractivity contribution is 5.61. The maximum atomic E-state index is 13.8. The Hall–Kier alpha value is -3.64. The molecule has 0 amide bonds. The van der Waals surface area contributed by atoms with E-state index in [1.54, 1.807) is 25.3 Å². The predicted molar refractivity (Wildman–Crippen MR) is 128 cm³/mol. The van der Waals surface area contributed by atoms with Crippen LogP contribution < -0.4 is 4.74 Å². The average molecular weight is 446 g/mol. The van der Waals surface area contributed by atoms with Gasteiger partial charge < -0.3 is 18.8 Å². The second kappa shape index (κ2) is 10.3. The molecule has 33 heavy (non-hydrogen) atoms. The van der Waals surface area contributed by atoms with Gasteiger partial charge in [0, 0.05) is 37.7 Å². The van der Waals surface area contributed by atoms with Crippen LogP contribution in [0, 0.1) is 5.82 Å². The Balaban J connectivity index is 1.47. The molecule has 0 aliphatic heterocycles. The molecule has 5 nitrogen and oxygen atoms in total. The highest BCUT2D eigenvalue weighted by Gasteiger charge is 2.19. The van der Waals surface area contributed by atoms with Crippen molar-refractivity contribution in [1.82, 2.24) is 14.3 Å². The molecule has 170 valence electrons. The number of fused-ring (bicyclic) bond motifs is 1. The lowest BCUT2D eigenvalue weighted by atomic mass is 10.1. The van der Waals surface area contributed by atoms with Crippen molar-refractivity contribution >= 4 is 11.3 Å². The second-order valence-corrected chi connectivity index (χ2v) is 8.00. The molecule has 0 spiro atoms. The van der Waals surface area contributed by atoms with Crippen LogP contribution in [0.3, 0.4) is 0 Å². The summed E-state index contributed by atoms with van der Waals surface area (Å²) >= 11 is 0. The van der Waals surface area contributed by atoms with Crippen LogP contribution in [0.15, 0.2) is 85.7 Å². The van der Waals surface area contributed by atoms with E-state index >= 15 is 0 Å². The molecular formula is C27H28FN3O2. The van der Waals surface area contributed by atoms with E-state index in [9.17, 15) is 4.39 Å². The lowest BCUT2D eigenvalue weighted by Crippen LogP contribution is -2.34. The molecule has 0 unspecified atom stereocenters. The minimum absolute atomic E-state index is 0.101. The summed E-state index contributed by atoms with van der Waals surface area (Å²) in [6, 6.07) is 20.5. The molecule has 0 aliphatic carbocycles. The molecule has 4 aromatic rings. The molecular weight excluding hydrogens is 417 g/mol. The number of benzene rings is 2. The van der Waals surface area contributed by atoms with Crippen molar-refractivity contribution in [3.63, 3.8) is 0 Å². The molecule has 0 N–H and O–H groups in total. The van der Waals surface area contributed by atoms with Gasteiger partial charge in [0.2, 0.25) is 0 Å². The standard InChI is InChI=1S/C27H28FN3O2/c1-20(18-32-3)31(21(2)26-17-30-15-7-6-10-27(30)29-26)16-22-11-13-24(14-12-22)33-19-23-8-4-5-9-25(23)28/h4-15,17,20H,2,16,18-19H2,1,3H3/t20-/m1/s1. The molecule has 2 aromatic carbocycles. The summed E-state index contributed by atoms with van der Waals surface area (Å²) in [7, 11) is 1.70. The number of aromatic nitrogens is 2. The van der Waals surface area contributed by atoms with E-state index < -0.39 is 0 Å². The summed E-state index contributed by atoms with van der Waals surface area (Å²) in [4.78, 5) is 6.92. The molecule has 1 atom stereocenters. The van der Waals surface area contributed by atoms with Crippen LogP contribution in [0.2, 0.25) is 0 Å². The Labute approximate surface area is 193 Å². The van der Waals surface area contributed by atoms with E-state index in [0.717, 1.165) is 22.6 Å². The van der Waals surface area contributed by atoms with Crippen molar-refractivity contribution in [2.45, 2.75) is 26.1 Å². The summed E-state index contributed by atoms with van der Waals surface area (Å²) in [5.74, 6) is 0.431. The van der Waals surface area contributed by atoms with Crippen LogP contribution in [-0.2, 0) is 17.9 Å². The summed E-state index contributed by atoms with van der Waals surface area (Å²) in [5, 5.41) is 0. The largest absolute Gasteiger partial charge is 0.489 e. The van der Waals surface area contributed by atoms with Crippen molar-refractivity contribution < 1.29 is 13.9 Å². The first-order valence-corrected chi connectivity index (χ1v) is 10.9. The average Bonchev–Trinajstić information content (AvgIpc) is 3.27.